The Hall–Kier alpha value is -3.42. The minimum Gasteiger partial charge on any atom is -0.481 e. The highest BCUT2D eigenvalue weighted by Gasteiger charge is 2.31. The second-order valence-corrected chi connectivity index (χ2v) is 7.99. The molecule has 194 valence electrons. The molecular formula is C20H37N7O7. The molecule has 5 unspecified atom stereocenters. The molecule has 11 N–H and O–H groups in total. The fraction of sp³-hybridized carbons (Fsp3) is 0.700. The van der Waals surface area contributed by atoms with Gasteiger partial charge in [-0.15, -0.1) is 0 Å². The van der Waals surface area contributed by atoms with Crippen LogP contribution in [0.5, 0.6) is 0 Å². The van der Waals surface area contributed by atoms with Gasteiger partial charge in [0.15, 0.2) is 5.96 Å². The van der Waals surface area contributed by atoms with Crippen molar-refractivity contribution in [1.29, 1.82) is 0 Å². The topological polar surface area (TPSA) is 252 Å². The quantitative estimate of drug-likeness (QED) is 0.0664. The molecule has 34 heavy (non-hydrogen) atoms. The molecule has 0 fully saturated rings. The number of nitrogens with one attached hydrogen (secondary N) is 3. The molecule has 14 nitrogen and oxygen atoms in total. The summed E-state index contributed by atoms with van der Waals surface area (Å²) >= 11 is 0. The highest BCUT2D eigenvalue weighted by atomic mass is 16.4. The van der Waals surface area contributed by atoms with Crippen molar-refractivity contribution in [3.63, 3.8) is 0 Å². The summed E-state index contributed by atoms with van der Waals surface area (Å²) in [6.45, 7) is 5.21. The van der Waals surface area contributed by atoms with Crippen LogP contribution >= 0.6 is 0 Å². The Labute approximate surface area is 198 Å². The van der Waals surface area contributed by atoms with E-state index < -0.39 is 60.2 Å². The second-order valence-electron chi connectivity index (χ2n) is 7.99. The van der Waals surface area contributed by atoms with Crippen LogP contribution in [0.2, 0.25) is 0 Å². The number of nitrogens with zero attached hydrogens (tertiary/aromatic N) is 1. The van der Waals surface area contributed by atoms with Crippen LogP contribution in [0.15, 0.2) is 4.99 Å². The SMILES string of the molecule is CCC(C)C(NC(=O)C(N)CCCN=C(N)N)C(=O)NC(C)C(=O)NC(CCC(=O)O)C(=O)O. The number of nitrogens with two attached hydrogens (primary N) is 3. The summed E-state index contributed by atoms with van der Waals surface area (Å²) < 4.78 is 0. The van der Waals surface area contributed by atoms with Crippen molar-refractivity contribution in [2.45, 2.75) is 77.0 Å². The molecule has 0 aromatic rings. The minimum absolute atomic E-state index is 0.0683. The third-order valence-electron chi connectivity index (χ3n) is 5.11. The Morgan fingerprint density at radius 2 is 1.53 bits per heavy atom. The van der Waals surface area contributed by atoms with Crippen molar-refractivity contribution in [3.05, 3.63) is 0 Å². The van der Waals surface area contributed by atoms with Crippen LogP contribution in [0, 0.1) is 5.92 Å². The molecule has 0 saturated carbocycles. The van der Waals surface area contributed by atoms with Crippen molar-refractivity contribution in [2.75, 3.05) is 6.54 Å². The lowest BCUT2D eigenvalue weighted by atomic mass is 9.97. The molecule has 0 bridgehead atoms. The van der Waals surface area contributed by atoms with Gasteiger partial charge in [-0.3, -0.25) is 24.2 Å². The number of carboxylic acids is 2. The van der Waals surface area contributed by atoms with E-state index in [1.165, 1.54) is 6.92 Å². The summed E-state index contributed by atoms with van der Waals surface area (Å²) in [7, 11) is 0. The first-order valence-electron chi connectivity index (χ1n) is 11.0. The van der Waals surface area contributed by atoms with Gasteiger partial charge in [0.1, 0.15) is 18.1 Å². The number of carbonyl (C=O) groups is 5. The molecule has 0 aliphatic carbocycles. The van der Waals surface area contributed by atoms with Crippen molar-refractivity contribution in [1.82, 2.24) is 16.0 Å². The standard InChI is InChI=1S/C20H37N7O7/c1-4-10(2)15(27-17(31)12(21)6-5-9-24-20(22)23)18(32)25-11(3)16(30)26-13(19(33)34)7-8-14(28)29/h10-13,15H,4-9,21H2,1-3H3,(H,25,32)(H,26,30)(H,27,31)(H,28,29)(H,33,34)(H4,22,23,24). The molecule has 0 rings (SSSR count). The molecule has 3 amide bonds. The van der Waals surface area contributed by atoms with E-state index in [-0.39, 0.29) is 24.7 Å². The first-order chi connectivity index (χ1) is 15.8. The summed E-state index contributed by atoms with van der Waals surface area (Å²) in [4.78, 5) is 63.4. The summed E-state index contributed by atoms with van der Waals surface area (Å²) in [5.74, 6) is -4.97. The number of amides is 3. The van der Waals surface area contributed by atoms with Gasteiger partial charge >= 0.3 is 11.9 Å². The highest BCUT2D eigenvalue weighted by Crippen LogP contribution is 2.09. The molecule has 0 aromatic carbocycles. The van der Waals surface area contributed by atoms with Crippen LogP contribution in [0.25, 0.3) is 0 Å². The van der Waals surface area contributed by atoms with E-state index in [4.69, 9.17) is 22.3 Å². The van der Waals surface area contributed by atoms with E-state index in [1.54, 1.807) is 6.92 Å². The number of guanidine groups is 1. The molecule has 14 heteroatoms. The highest BCUT2D eigenvalue weighted by molar-refractivity contribution is 5.94. The Morgan fingerprint density at radius 3 is 2.03 bits per heavy atom. The smallest absolute Gasteiger partial charge is 0.326 e. The molecule has 0 aliphatic heterocycles. The third-order valence-corrected chi connectivity index (χ3v) is 5.11. The Morgan fingerprint density at radius 1 is 0.912 bits per heavy atom. The predicted molar refractivity (Wildman–Crippen MR) is 123 cm³/mol. The van der Waals surface area contributed by atoms with Crippen LogP contribution in [-0.4, -0.2) is 76.5 Å². The summed E-state index contributed by atoms with van der Waals surface area (Å²) in [6.07, 6.45) is 0.505. The van der Waals surface area contributed by atoms with E-state index in [0.29, 0.717) is 19.4 Å². The third kappa shape index (κ3) is 12.0. The van der Waals surface area contributed by atoms with Gasteiger partial charge in [0.25, 0.3) is 0 Å². The monoisotopic (exact) mass is 487 g/mol. The van der Waals surface area contributed by atoms with Gasteiger partial charge in [0, 0.05) is 13.0 Å². The van der Waals surface area contributed by atoms with Crippen molar-refractivity contribution in [3.8, 4) is 0 Å². The van der Waals surface area contributed by atoms with Gasteiger partial charge in [-0.1, -0.05) is 20.3 Å². The zero-order valence-corrected chi connectivity index (χ0v) is 19.7. The van der Waals surface area contributed by atoms with Gasteiger partial charge in [-0.25, -0.2) is 4.79 Å². The van der Waals surface area contributed by atoms with E-state index in [9.17, 15) is 29.1 Å². The van der Waals surface area contributed by atoms with E-state index in [1.807, 2.05) is 6.92 Å². The maximum absolute atomic E-state index is 12.8. The largest absolute Gasteiger partial charge is 0.481 e. The van der Waals surface area contributed by atoms with Gasteiger partial charge < -0.3 is 43.4 Å². The number of aliphatic imine (C=N–C) groups is 1. The van der Waals surface area contributed by atoms with Gasteiger partial charge in [0.05, 0.1) is 6.04 Å². The van der Waals surface area contributed by atoms with Crippen LogP contribution in [0.3, 0.4) is 0 Å². The zero-order valence-electron chi connectivity index (χ0n) is 19.7. The average Bonchev–Trinajstić information content (AvgIpc) is 2.75. The van der Waals surface area contributed by atoms with E-state index in [2.05, 4.69) is 20.9 Å². The number of hydrogen-bond donors (Lipinski definition) is 8. The number of hydrogen-bond acceptors (Lipinski definition) is 7. The number of aliphatic carboxylic acids is 2. The predicted octanol–water partition coefficient (Wildman–Crippen LogP) is -2.16. The number of carboxylic acid groups (broad SMARTS) is 2. The van der Waals surface area contributed by atoms with Crippen molar-refractivity contribution >= 4 is 35.6 Å². The molecule has 0 saturated heterocycles. The van der Waals surface area contributed by atoms with Crippen LogP contribution < -0.4 is 33.2 Å². The Balaban J connectivity index is 5.05. The fourth-order valence-electron chi connectivity index (χ4n) is 2.80. The van der Waals surface area contributed by atoms with Crippen molar-refractivity contribution < 1.29 is 34.2 Å². The van der Waals surface area contributed by atoms with Crippen LogP contribution in [0.4, 0.5) is 0 Å². The van der Waals surface area contributed by atoms with Crippen LogP contribution in [-0.2, 0) is 24.0 Å². The second kappa shape index (κ2) is 15.4. The molecule has 5 atom stereocenters. The maximum Gasteiger partial charge on any atom is 0.326 e. The van der Waals surface area contributed by atoms with Gasteiger partial charge in [-0.05, 0) is 32.1 Å². The summed E-state index contributed by atoms with van der Waals surface area (Å²) in [5, 5.41) is 25.1. The summed E-state index contributed by atoms with van der Waals surface area (Å²) in [6, 6.07) is -4.46. The number of carbonyl (C=O) groups excluding carboxylic acids is 3. The minimum atomic E-state index is -1.43. The molecule has 0 heterocycles. The molecule has 0 spiro atoms. The first kappa shape index (κ1) is 30.6. The van der Waals surface area contributed by atoms with E-state index >= 15 is 0 Å². The summed E-state index contributed by atoms with van der Waals surface area (Å²) in [5.41, 5.74) is 16.4. The Bertz CT molecular complexity index is 756. The average molecular weight is 488 g/mol. The molecule has 0 radical (unpaired) electrons. The normalized spacial score (nSPS) is 15.1. The molecular weight excluding hydrogens is 450 g/mol. The first-order valence-corrected chi connectivity index (χ1v) is 11.0. The lowest BCUT2D eigenvalue weighted by Crippen LogP contribution is -2.58. The van der Waals surface area contributed by atoms with Crippen LogP contribution in [0.1, 0.15) is 52.9 Å². The van der Waals surface area contributed by atoms with Gasteiger partial charge in [-0.2, -0.15) is 0 Å². The molecule has 0 aliphatic rings. The van der Waals surface area contributed by atoms with E-state index in [0.717, 1.165) is 0 Å². The van der Waals surface area contributed by atoms with Gasteiger partial charge in [0.2, 0.25) is 17.7 Å². The number of rotatable bonds is 16. The zero-order chi connectivity index (χ0) is 26.4. The lowest BCUT2D eigenvalue weighted by Gasteiger charge is -2.27. The fourth-order valence-corrected chi connectivity index (χ4v) is 2.80. The van der Waals surface area contributed by atoms with Crippen molar-refractivity contribution in [2.24, 2.45) is 28.1 Å². The lowest BCUT2D eigenvalue weighted by molar-refractivity contribution is -0.143. The Kier molecular flexibility index (Phi) is 13.9. The maximum atomic E-state index is 12.8. The molecule has 0 aromatic heterocycles.